The van der Waals surface area contributed by atoms with Crippen molar-refractivity contribution in [2.45, 2.75) is 0 Å². The molecule has 0 aliphatic heterocycles. The molecule has 0 aliphatic carbocycles. The smallest absolute Gasteiger partial charge is 0.274 e. The number of hydrogen-bond donors (Lipinski definition) is 2. The fourth-order valence-electron chi connectivity index (χ4n) is 2.22. The standard InChI is InChI=1S/C19H17N3O2/c1-24-17-9-5-8-15(12-17)21-16-10-11-20-18(13-16)19(23)22-14-6-3-2-4-7-14/h2-13H,1H3,(H,20,21)(H,22,23). The van der Waals surface area contributed by atoms with Gasteiger partial charge in [-0.1, -0.05) is 24.3 Å². The van der Waals surface area contributed by atoms with Gasteiger partial charge in [-0.15, -0.1) is 0 Å². The van der Waals surface area contributed by atoms with Crippen LogP contribution < -0.4 is 15.4 Å². The van der Waals surface area contributed by atoms with E-state index < -0.39 is 0 Å². The first-order valence-electron chi connectivity index (χ1n) is 7.48. The zero-order chi connectivity index (χ0) is 16.8. The van der Waals surface area contributed by atoms with Gasteiger partial charge in [0.1, 0.15) is 11.4 Å². The number of ether oxygens (including phenoxy) is 1. The van der Waals surface area contributed by atoms with Crippen LogP contribution in [0.5, 0.6) is 5.75 Å². The van der Waals surface area contributed by atoms with Crippen molar-refractivity contribution in [1.29, 1.82) is 0 Å². The summed E-state index contributed by atoms with van der Waals surface area (Å²) in [6, 6.07) is 20.4. The van der Waals surface area contributed by atoms with E-state index in [-0.39, 0.29) is 5.91 Å². The summed E-state index contributed by atoms with van der Waals surface area (Å²) >= 11 is 0. The summed E-state index contributed by atoms with van der Waals surface area (Å²) in [5.74, 6) is 0.506. The minimum atomic E-state index is -0.254. The van der Waals surface area contributed by atoms with Gasteiger partial charge in [0.2, 0.25) is 0 Å². The molecule has 0 unspecified atom stereocenters. The summed E-state index contributed by atoms with van der Waals surface area (Å²) in [5.41, 5.74) is 2.72. The molecule has 0 spiro atoms. The van der Waals surface area contributed by atoms with E-state index in [1.54, 1.807) is 25.4 Å². The molecule has 24 heavy (non-hydrogen) atoms. The van der Waals surface area contributed by atoms with Crippen molar-refractivity contribution < 1.29 is 9.53 Å². The van der Waals surface area contributed by atoms with Gasteiger partial charge in [0.15, 0.2) is 0 Å². The summed E-state index contributed by atoms with van der Waals surface area (Å²) in [6.07, 6.45) is 1.60. The number of methoxy groups -OCH3 is 1. The Kier molecular flexibility index (Phi) is 4.72. The quantitative estimate of drug-likeness (QED) is 0.743. The number of benzene rings is 2. The molecule has 120 valence electrons. The van der Waals surface area contributed by atoms with E-state index >= 15 is 0 Å². The molecule has 0 radical (unpaired) electrons. The van der Waals surface area contributed by atoms with Crippen LogP contribution in [0.1, 0.15) is 10.5 Å². The van der Waals surface area contributed by atoms with E-state index in [1.165, 1.54) is 0 Å². The van der Waals surface area contributed by atoms with E-state index in [9.17, 15) is 4.79 Å². The topological polar surface area (TPSA) is 63.2 Å². The molecule has 1 heterocycles. The zero-order valence-electron chi connectivity index (χ0n) is 13.2. The van der Waals surface area contributed by atoms with Gasteiger partial charge in [0, 0.05) is 29.3 Å². The number of carbonyl (C=O) groups is 1. The fraction of sp³-hybridized carbons (Fsp3) is 0.0526. The summed E-state index contributed by atoms with van der Waals surface area (Å²) in [4.78, 5) is 16.4. The Morgan fingerprint density at radius 1 is 0.917 bits per heavy atom. The lowest BCUT2D eigenvalue weighted by atomic mass is 10.2. The number of hydrogen-bond acceptors (Lipinski definition) is 4. The molecular formula is C19H17N3O2. The Morgan fingerprint density at radius 2 is 1.67 bits per heavy atom. The molecule has 5 heteroatoms. The fourth-order valence-corrected chi connectivity index (χ4v) is 2.22. The average Bonchev–Trinajstić information content (AvgIpc) is 2.63. The molecule has 0 bridgehead atoms. The van der Waals surface area contributed by atoms with Gasteiger partial charge in [0.25, 0.3) is 5.91 Å². The number of anilines is 3. The number of pyridine rings is 1. The molecule has 0 saturated heterocycles. The number of nitrogens with one attached hydrogen (secondary N) is 2. The van der Waals surface area contributed by atoms with Crippen molar-refractivity contribution in [3.8, 4) is 5.75 Å². The van der Waals surface area contributed by atoms with Crippen molar-refractivity contribution in [2.75, 3.05) is 17.7 Å². The van der Waals surface area contributed by atoms with Crippen LogP contribution in [0.2, 0.25) is 0 Å². The number of amides is 1. The van der Waals surface area contributed by atoms with Crippen LogP contribution in [-0.4, -0.2) is 18.0 Å². The number of aromatic nitrogens is 1. The summed E-state index contributed by atoms with van der Waals surface area (Å²) in [5, 5.41) is 6.06. The Labute approximate surface area is 140 Å². The predicted octanol–water partition coefficient (Wildman–Crippen LogP) is 4.09. The van der Waals surface area contributed by atoms with Crippen LogP contribution in [0.3, 0.4) is 0 Å². The number of carbonyl (C=O) groups excluding carboxylic acids is 1. The molecule has 0 atom stereocenters. The predicted molar refractivity (Wildman–Crippen MR) is 94.9 cm³/mol. The van der Waals surface area contributed by atoms with Crippen LogP contribution in [0.15, 0.2) is 72.9 Å². The normalized spacial score (nSPS) is 10.0. The minimum absolute atomic E-state index is 0.254. The SMILES string of the molecule is COc1cccc(Nc2ccnc(C(=O)Nc3ccccc3)c2)c1. The van der Waals surface area contributed by atoms with E-state index in [1.807, 2.05) is 54.6 Å². The third-order valence-electron chi connectivity index (χ3n) is 3.38. The van der Waals surface area contributed by atoms with Crippen LogP contribution >= 0.6 is 0 Å². The third-order valence-corrected chi connectivity index (χ3v) is 3.38. The minimum Gasteiger partial charge on any atom is -0.497 e. The summed E-state index contributed by atoms with van der Waals surface area (Å²) in [6.45, 7) is 0. The summed E-state index contributed by atoms with van der Waals surface area (Å²) < 4.78 is 5.20. The maximum Gasteiger partial charge on any atom is 0.274 e. The highest BCUT2D eigenvalue weighted by molar-refractivity contribution is 6.03. The highest BCUT2D eigenvalue weighted by Gasteiger charge is 2.08. The van der Waals surface area contributed by atoms with Gasteiger partial charge in [0.05, 0.1) is 7.11 Å². The number of para-hydroxylation sites is 1. The maximum atomic E-state index is 12.3. The molecule has 3 aromatic rings. The zero-order valence-corrected chi connectivity index (χ0v) is 13.2. The number of nitrogens with zero attached hydrogens (tertiary/aromatic N) is 1. The lowest BCUT2D eigenvalue weighted by Gasteiger charge is -2.09. The highest BCUT2D eigenvalue weighted by atomic mass is 16.5. The largest absolute Gasteiger partial charge is 0.497 e. The lowest BCUT2D eigenvalue weighted by Crippen LogP contribution is -2.13. The van der Waals surface area contributed by atoms with E-state index in [0.717, 1.165) is 22.8 Å². The van der Waals surface area contributed by atoms with Gasteiger partial charge in [-0.25, -0.2) is 0 Å². The Balaban J connectivity index is 1.75. The highest BCUT2D eigenvalue weighted by Crippen LogP contribution is 2.21. The molecule has 2 N–H and O–H groups in total. The van der Waals surface area contributed by atoms with Gasteiger partial charge in [-0.05, 0) is 36.4 Å². The van der Waals surface area contributed by atoms with E-state index in [2.05, 4.69) is 15.6 Å². The van der Waals surface area contributed by atoms with Gasteiger partial charge < -0.3 is 15.4 Å². The van der Waals surface area contributed by atoms with Gasteiger partial charge in [-0.3, -0.25) is 9.78 Å². The molecule has 3 rings (SSSR count). The molecule has 0 fully saturated rings. The van der Waals surface area contributed by atoms with Crippen LogP contribution in [0, 0.1) is 0 Å². The average molecular weight is 319 g/mol. The molecule has 5 nitrogen and oxygen atoms in total. The summed E-state index contributed by atoms with van der Waals surface area (Å²) in [7, 11) is 1.62. The maximum absolute atomic E-state index is 12.3. The molecular weight excluding hydrogens is 302 g/mol. The molecule has 0 aliphatic rings. The second-order valence-electron chi connectivity index (χ2n) is 5.11. The monoisotopic (exact) mass is 319 g/mol. The third kappa shape index (κ3) is 3.89. The first kappa shape index (κ1) is 15.6. The first-order valence-corrected chi connectivity index (χ1v) is 7.48. The van der Waals surface area contributed by atoms with E-state index in [4.69, 9.17) is 4.74 Å². The van der Waals surface area contributed by atoms with Crippen molar-refractivity contribution in [3.05, 3.63) is 78.6 Å². The first-order chi connectivity index (χ1) is 11.7. The van der Waals surface area contributed by atoms with Crippen molar-refractivity contribution in [1.82, 2.24) is 4.98 Å². The molecule has 2 aromatic carbocycles. The Morgan fingerprint density at radius 3 is 2.46 bits per heavy atom. The van der Waals surface area contributed by atoms with Gasteiger partial charge >= 0.3 is 0 Å². The van der Waals surface area contributed by atoms with Crippen molar-refractivity contribution >= 4 is 23.0 Å². The number of rotatable bonds is 5. The molecule has 1 aromatic heterocycles. The second kappa shape index (κ2) is 7.28. The van der Waals surface area contributed by atoms with Gasteiger partial charge in [-0.2, -0.15) is 0 Å². The Hall–Kier alpha value is -3.34. The Bertz CT molecular complexity index is 835. The molecule has 0 saturated carbocycles. The van der Waals surface area contributed by atoms with Crippen molar-refractivity contribution in [2.24, 2.45) is 0 Å². The lowest BCUT2D eigenvalue weighted by molar-refractivity contribution is 0.102. The van der Waals surface area contributed by atoms with E-state index in [0.29, 0.717) is 5.69 Å². The van der Waals surface area contributed by atoms with Crippen LogP contribution in [-0.2, 0) is 0 Å². The van der Waals surface area contributed by atoms with Crippen molar-refractivity contribution in [3.63, 3.8) is 0 Å². The van der Waals surface area contributed by atoms with Crippen LogP contribution in [0.25, 0.3) is 0 Å². The second-order valence-corrected chi connectivity index (χ2v) is 5.11. The van der Waals surface area contributed by atoms with Crippen LogP contribution in [0.4, 0.5) is 17.1 Å². The molecule has 1 amide bonds.